The number of halogens is 2. The number of nitro benzene ring substituents is 1. The van der Waals surface area contributed by atoms with Gasteiger partial charge in [0.1, 0.15) is 29.1 Å². The van der Waals surface area contributed by atoms with Gasteiger partial charge in [0.05, 0.1) is 40.9 Å². The highest BCUT2D eigenvalue weighted by molar-refractivity contribution is 5.90. The first-order valence-electron chi connectivity index (χ1n) is 8.36. The molecule has 0 radical (unpaired) electrons. The van der Waals surface area contributed by atoms with Crippen LogP contribution in [0.1, 0.15) is 11.3 Å². The minimum Gasteiger partial charge on any atom is -0.368 e. The van der Waals surface area contributed by atoms with Gasteiger partial charge in [0.2, 0.25) is 5.95 Å². The molecule has 30 heavy (non-hydrogen) atoms. The number of non-ortho nitro benzene ring substituents is 1. The lowest BCUT2D eigenvalue weighted by atomic mass is 10.1. The lowest BCUT2D eigenvalue weighted by Gasteiger charge is -2.08. The Hall–Kier alpha value is -4.53. The van der Waals surface area contributed by atoms with Crippen molar-refractivity contribution in [2.75, 3.05) is 5.73 Å². The van der Waals surface area contributed by atoms with Crippen LogP contribution >= 0.6 is 0 Å². The van der Waals surface area contributed by atoms with Gasteiger partial charge in [0, 0.05) is 5.56 Å². The van der Waals surface area contributed by atoms with E-state index in [-0.39, 0.29) is 23.8 Å². The number of nitro groups is 1. The summed E-state index contributed by atoms with van der Waals surface area (Å²) in [6.45, 7) is -0.388. The predicted octanol–water partition coefficient (Wildman–Crippen LogP) is 2.58. The second kappa shape index (κ2) is 7.13. The number of aromatic nitrogens is 5. The lowest BCUT2D eigenvalue weighted by molar-refractivity contribution is -0.385. The number of nitrogen functional groups attached to an aromatic ring is 1. The number of nitriles is 1. The van der Waals surface area contributed by atoms with Crippen molar-refractivity contribution in [1.29, 1.82) is 5.26 Å². The standard InChI is InChI=1S/C18H10F2N8O2/c19-13-4-10(28(29)30)5-14(20)12(13)8-27-17-11(7-23-27)16(25-18(22)26-17)15-3-1-2-9(6-21)24-15/h1-5,7H,8H2,(H2,22,25,26). The second-order valence-corrected chi connectivity index (χ2v) is 6.13. The number of hydrogen-bond acceptors (Lipinski definition) is 8. The molecule has 12 heteroatoms. The van der Waals surface area contributed by atoms with E-state index in [2.05, 4.69) is 20.1 Å². The predicted molar refractivity (Wildman–Crippen MR) is 99.8 cm³/mol. The second-order valence-electron chi connectivity index (χ2n) is 6.13. The fourth-order valence-electron chi connectivity index (χ4n) is 2.91. The Morgan fingerprint density at radius 2 is 1.93 bits per heavy atom. The molecule has 3 heterocycles. The van der Waals surface area contributed by atoms with Gasteiger partial charge in [-0.1, -0.05) is 6.07 Å². The first-order valence-corrected chi connectivity index (χ1v) is 8.36. The molecule has 3 aromatic heterocycles. The van der Waals surface area contributed by atoms with Crippen molar-refractivity contribution in [3.63, 3.8) is 0 Å². The molecule has 10 nitrogen and oxygen atoms in total. The molecule has 0 fully saturated rings. The summed E-state index contributed by atoms with van der Waals surface area (Å²) in [6.07, 6.45) is 1.38. The van der Waals surface area contributed by atoms with E-state index in [0.29, 0.717) is 28.9 Å². The number of pyridine rings is 1. The number of fused-ring (bicyclic) bond motifs is 1. The van der Waals surface area contributed by atoms with E-state index in [1.807, 2.05) is 6.07 Å². The van der Waals surface area contributed by atoms with Gasteiger partial charge in [0.25, 0.3) is 5.69 Å². The molecule has 0 aliphatic rings. The number of nitrogens with zero attached hydrogens (tertiary/aromatic N) is 7. The van der Waals surface area contributed by atoms with E-state index >= 15 is 0 Å². The number of hydrogen-bond donors (Lipinski definition) is 1. The van der Waals surface area contributed by atoms with E-state index in [9.17, 15) is 18.9 Å². The molecule has 0 aliphatic carbocycles. The maximum Gasteiger partial charge on any atom is 0.275 e. The van der Waals surface area contributed by atoms with Gasteiger partial charge in [-0.25, -0.2) is 23.4 Å². The molecule has 2 N–H and O–H groups in total. The molecule has 0 saturated carbocycles. The molecule has 0 saturated heterocycles. The highest BCUT2D eigenvalue weighted by Gasteiger charge is 2.20. The van der Waals surface area contributed by atoms with Gasteiger partial charge >= 0.3 is 0 Å². The number of rotatable bonds is 4. The molecule has 4 aromatic rings. The molecule has 0 aliphatic heterocycles. The van der Waals surface area contributed by atoms with Crippen LogP contribution in [0.5, 0.6) is 0 Å². The number of anilines is 1. The molecule has 4 rings (SSSR count). The Morgan fingerprint density at radius 1 is 1.20 bits per heavy atom. The van der Waals surface area contributed by atoms with E-state index in [1.54, 1.807) is 12.1 Å². The highest BCUT2D eigenvalue weighted by atomic mass is 19.1. The average Bonchev–Trinajstić information content (AvgIpc) is 3.12. The first kappa shape index (κ1) is 18.8. The molecule has 148 valence electrons. The molecule has 0 spiro atoms. The molecule has 0 amide bonds. The van der Waals surface area contributed by atoms with Crippen molar-refractivity contribution in [3.8, 4) is 17.5 Å². The van der Waals surface area contributed by atoms with Crippen molar-refractivity contribution in [3.05, 3.63) is 69.5 Å². The Kier molecular flexibility index (Phi) is 4.47. The molecular weight excluding hydrogens is 398 g/mol. The van der Waals surface area contributed by atoms with Gasteiger partial charge in [-0.05, 0) is 12.1 Å². The fraction of sp³-hybridized carbons (Fsp3) is 0.0556. The maximum absolute atomic E-state index is 14.3. The Labute approximate surface area is 166 Å². The largest absolute Gasteiger partial charge is 0.368 e. The topological polar surface area (TPSA) is 149 Å². The zero-order valence-electron chi connectivity index (χ0n) is 15.0. The summed E-state index contributed by atoms with van der Waals surface area (Å²) in [4.78, 5) is 22.3. The summed E-state index contributed by atoms with van der Waals surface area (Å²) in [5, 5.41) is 24.3. The normalized spacial score (nSPS) is 10.8. The van der Waals surface area contributed by atoms with Crippen molar-refractivity contribution in [2.45, 2.75) is 6.54 Å². The van der Waals surface area contributed by atoms with Crippen molar-refractivity contribution in [1.82, 2.24) is 24.7 Å². The fourth-order valence-corrected chi connectivity index (χ4v) is 2.91. The van der Waals surface area contributed by atoms with Crippen molar-refractivity contribution >= 4 is 22.7 Å². The van der Waals surface area contributed by atoms with Gasteiger partial charge in [-0.3, -0.25) is 10.1 Å². The Balaban J connectivity index is 1.82. The molecule has 0 atom stereocenters. The van der Waals surface area contributed by atoms with Gasteiger partial charge < -0.3 is 5.73 Å². The summed E-state index contributed by atoms with van der Waals surface area (Å²) >= 11 is 0. The van der Waals surface area contributed by atoms with Crippen LogP contribution < -0.4 is 5.73 Å². The lowest BCUT2D eigenvalue weighted by Crippen LogP contribution is -2.09. The minimum atomic E-state index is -1.09. The highest BCUT2D eigenvalue weighted by Crippen LogP contribution is 2.27. The van der Waals surface area contributed by atoms with Crippen LogP contribution in [0.25, 0.3) is 22.4 Å². The van der Waals surface area contributed by atoms with Gasteiger partial charge in [0.15, 0.2) is 5.65 Å². The zero-order chi connectivity index (χ0) is 21.4. The third kappa shape index (κ3) is 3.24. The minimum absolute atomic E-state index is 0.131. The Morgan fingerprint density at radius 3 is 2.60 bits per heavy atom. The van der Waals surface area contributed by atoms with Crippen LogP contribution in [0.15, 0.2) is 36.5 Å². The summed E-state index contributed by atoms with van der Waals surface area (Å²) in [7, 11) is 0. The third-order valence-electron chi connectivity index (χ3n) is 4.26. The summed E-state index contributed by atoms with van der Waals surface area (Å²) < 4.78 is 29.8. The zero-order valence-corrected chi connectivity index (χ0v) is 15.0. The monoisotopic (exact) mass is 408 g/mol. The van der Waals surface area contributed by atoms with Crippen LogP contribution in [0, 0.1) is 33.1 Å². The van der Waals surface area contributed by atoms with Crippen LogP contribution in [0.3, 0.4) is 0 Å². The van der Waals surface area contributed by atoms with E-state index in [4.69, 9.17) is 11.0 Å². The third-order valence-corrected chi connectivity index (χ3v) is 4.26. The quantitative estimate of drug-likeness (QED) is 0.400. The van der Waals surface area contributed by atoms with Crippen LogP contribution in [0.4, 0.5) is 20.4 Å². The average molecular weight is 408 g/mol. The smallest absolute Gasteiger partial charge is 0.275 e. The van der Waals surface area contributed by atoms with Crippen molar-refractivity contribution < 1.29 is 13.7 Å². The van der Waals surface area contributed by atoms with Crippen LogP contribution in [-0.4, -0.2) is 29.7 Å². The van der Waals surface area contributed by atoms with Crippen molar-refractivity contribution in [2.24, 2.45) is 0 Å². The SMILES string of the molecule is N#Cc1cccc(-c2nc(N)nc3c2cnn3Cc2c(F)cc([N+](=O)[O-])cc2F)n1. The summed E-state index contributed by atoms with van der Waals surface area (Å²) in [6, 6.07) is 7.96. The molecule has 1 aromatic carbocycles. The first-order chi connectivity index (χ1) is 14.4. The van der Waals surface area contributed by atoms with E-state index in [1.165, 1.54) is 16.9 Å². The van der Waals surface area contributed by atoms with Crippen LogP contribution in [-0.2, 0) is 6.54 Å². The van der Waals surface area contributed by atoms with Gasteiger partial charge in [-0.2, -0.15) is 15.3 Å². The molecule has 0 bridgehead atoms. The van der Waals surface area contributed by atoms with E-state index < -0.39 is 27.8 Å². The number of nitrogens with two attached hydrogens (primary N) is 1. The summed E-state index contributed by atoms with van der Waals surface area (Å²) in [5.41, 5.74) is 5.66. The van der Waals surface area contributed by atoms with E-state index in [0.717, 1.165) is 0 Å². The van der Waals surface area contributed by atoms with Gasteiger partial charge in [-0.15, -0.1) is 0 Å². The summed E-state index contributed by atoms with van der Waals surface area (Å²) in [5.74, 6) is -2.31. The number of benzene rings is 1. The molecule has 0 unspecified atom stereocenters. The maximum atomic E-state index is 14.3. The molecular formula is C18H10F2N8O2. The Bertz CT molecular complexity index is 1340. The van der Waals surface area contributed by atoms with Crippen LogP contribution in [0.2, 0.25) is 0 Å².